The maximum Gasteiger partial charge on any atom is 0.245 e. The van der Waals surface area contributed by atoms with Crippen LogP contribution >= 0.6 is 0 Å². The molecule has 0 aromatic carbocycles. The molecule has 6 amide bonds. The maximum atomic E-state index is 13.3. The monoisotopic (exact) mass is 637 g/mol. The molecule has 3 N–H and O–H groups in total. The van der Waals surface area contributed by atoms with Gasteiger partial charge in [-0.15, -0.1) is 0 Å². The van der Waals surface area contributed by atoms with Crippen LogP contribution in [0.25, 0.3) is 20.9 Å². The van der Waals surface area contributed by atoms with E-state index in [4.69, 9.17) is 16.8 Å². The maximum absolute atomic E-state index is 13.3. The fourth-order valence-corrected chi connectivity index (χ4v) is 4.07. The SMILES string of the molecule is CC(C(=O)N(C)C(C)C(=O)N(C)C(C)C(=O)N(C)C(C)C(=O)N(CCCN=[N+]=[N-])CC(N)=O)N(C)C(=O)CNCCCN=[N+]=[N-]. The lowest BCUT2D eigenvalue weighted by Gasteiger charge is -2.36. The average molecular weight is 638 g/mol. The number of nitrogens with two attached hydrogens (primary N) is 1. The van der Waals surface area contributed by atoms with Gasteiger partial charge < -0.3 is 35.6 Å². The Kier molecular flexibility index (Phi) is 18.3. The van der Waals surface area contributed by atoms with Crippen molar-refractivity contribution in [2.24, 2.45) is 16.0 Å². The zero-order valence-corrected chi connectivity index (χ0v) is 27.4. The van der Waals surface area contributed by atoms with Gasteiger partial charge in [0.05, 0.1) is 13.1 Å². The van der Waals surface area contributed by atoms with E-state index in [1.165, 1.54) is 75.5 Å². The molecule has 4 atom stereocenters. The molecule has 0 aliphatic carbocycles. The molecule has 19 heteroatoms. The summed E-state index contributed by atoms with van der Waals surface area (Å²) in [6.07, 6.45) is 0.829. The highest BCUT2D eigenvalue weighted by atomic mass is 16.2. The van der Waals surface area contributed by atoms with Gasteiger partial charge in [-0.3, -0.25) is 28.8 Å². The molecular weight excluding hydrogens is 590 g/mol. The molecule has 45 heavy (non-hydrogen) atoms. The van der Waals surface area contributed by atoms with E-state index in [-0.39, 0.29) is 38.5 Å². The van der Waals surface area contributed by atoms with Crippen LogP contribution in [0, 0.1) is 0 Å². The van der Waals surface area contributed by atoms with Crippen LogP contribution in [-0.4, -0.2) is 152 Å². The Balaban J connectivity index is 5.34. The van der Waals surface area contributed by atoms with Gasteiger partial charge in [0.25, 0.3) is 0 Å². The Morgan fingerprint density at radius 1 is 0.689 bits per heavy atom. The van der Waals surface area contributed by atoms with E-state index >= 15 is 0 Å². The van der Waals surface area contributed by atoms with Crippen LogP contribution in [0.1, 0.15) is 40.5 Å². The normalized spacial score (nSPS) is 13.1. The van der Waals surface area contributed by atoms with Crippen molar-refractivity contribution < 1.29 is 28.8 Å². The molecule has 0 saturated carbocycles. The van der Waals surface area contributed by atoms with Crippen molar-refractivity contribution in [3.05, 3.63) is 20.9 Å². The van der Waals surface area contributed by atoms with Crippen molar-refractivity contribution in [2.75, 3.05) is 67.5 Å². The summed E-state index contributed by atoms with van der Waals surface area (Å²) in [5, 5.41) is 9.74. The number of carbonyl (C=O) groups is 6. The summed E-state index contributed by atoms with van der Waals surface area (Å²) < 4.78 is 0. The molecule has 0 aromatic heterocycles. The summed E-state index contributed by atoms with van der Waals surface area (Å²) in [6, 6.07) is -3.92. The summed E-state index contributed by atoms with van der Waals surface area (Å²) in [4.78, 5) is 88.2. The molecule has 19 nitrogen and oxygen atoms in total. The molecule has 4 unspecified atom stereocenters. The third-order valence-electron chi connectivity index (χ3n) is 7.55. The number of likely N-dealkylation sites (N-methyl/N-ethyl adjacent to an activating group) is 4. The highest BCUT2D eigenvalue weighted by Gasteiger charge is 2.36. The van der Waals surface area contributed by atoms with E-state index in [1.807, 2.05) is 0 Å². The van der Waals surface area contributed by atoms with Crippen LogP contribution in [0.15, 0.2) is 10.2 Å². The number of hydrogen-bond acceptors (Lipinski definition) is 9. The molecule has 0 heterocycles. The molecule has 0 radical (unpaired) electrons. The Morgan fingerprint density at radius 3 is 1.51 bits per heavy atom. The van der Waals surface area contributed by atoms with Crippen LogP contribution in [-0.2, 0) is 28.8 Å². The highest BCUT2D eigenvalue weighted by Crippen LogP contribution is 2.12. The van der Waals surface area contributed by atoms with Crippen molar-refractivity contribution in [2.45, 2.75) is 64.7 Å². The van der Waals surface area contributed by atoms with Gasteiger partial charge in [0.1, 0.15) is 24.2 Å². The summed E-state index contributed by atoms with van der Waals surface area (Å²) in [7, 11) is 5.70. The van der Waals surface area contributed by atoms with Crippen LogP contribution in [0.2, 0.25) is 0 Å². The Morgan fingerprint density at radius 2 is 1.09 bits per heavy atom. The number of primary amides is 1. The van der Waals surface area contributed by atoms with Crippen LogP contribution in [0.4, 0.5) is 0 Å². The van der Waals surface area contributed by atoms with Crippen molar-refractivity contribution >= 4 is 35.4 Å². The predicted octanol–water partition coefficient (Wildman–Crippen LogP) is -0.322. The standard InChI is InChI=1S/C26H47N13O6/c1-17(35(5)22(41)15-30-11-9-12-31-33-28)23(42)36(6)18(2)24(43)37(7)19(3)25(44)38(8)20(4)26(45)39(16-21(27)40)14-10-13-32-34-29/h17-20,30H,9-16H2,1-8H3,(H2,27,40). The van der Waals surface area contributed by atoms with E-state index in [0.717, 1.165) is 4.90 Å². The second-order valence-corrected chi connectivity index (χ2v) is 10.6. The minimum Gasteiger partial charge on any atom is -0.368 e. The quantitative estimate of drug-likeness (QED) is 0.0777. The predicted molar refractivity (Wildman–Crippen MR) is 165 cm³/mol. The first kappa shape index (κ1) is 40.4. The fourth-order valence-electron chi connectivity index (χ4n) is 4.07. The van der Waals surface area contributed by atoms with Gasteiger partial charge in [-0.1, -0.05) is 10.2 Å². The second kappa shape index (κ2) is 20.4. The average Bonchev–Trinajstić information content (AvgIpc) is 3.02. The van der Waals surface area contributed by atoms with Crippen LogP contribution in [0.3, 0.4) is 0 Å². The lowest BCUT2D eigenvalue weighted by molar-refractivity contribution is -0.153. The Bertz CT molecular complexity index is 1150. The molecule has 0 fully saturated rings. The van der Waals surface area contributed by atoms with Gasteiger partial charge in [-0.25, -0.2) is 0 Å². The van der Waals surface area contributed by atoms with Crippen molar-refractivity contribution in [1.29, 1.82) is 0 Å². The van der Waals surface area contributed by atoms with Gasteiger partial charge in [0, 0.05) is 57.6 Å². The van der Waals surface area contributed by atoms with Crippen LogP contribution in [0.5, 0.6) is 0 Å². The van der Waals surface area contributed by atoms with Crippen molar-refractivity contribution in [3.8, 4) is 0 Å². The zero-order chi connectivity index (χ0) is 34.9. The number of azide groups is 2. The van der Waals surface area contributed by atoms with Crippen molar-refractivity contribution in [3.63, 3.8) is 0 Å². The molecular formula is C26H47N13O6. The van der Waals surface area contributed by atoms with E-state index in [1.54, 1.807) is 0 Å². The largest absolute Gasteiger partial charge is 0.368 e. The first-order chi connectivity index (χ1) is 21.0. The summed E-state index contributed by atoms with van der Waals surface area (Å²) in [5.41, 5.74) is 22.0. The topological polar surface area (TPSA) is 254 Å². The van der Waals surface area contributed by atoms with Crippen LogP contribution < -0.4 is 11.1 Å². The number of rotatable bonds is 20. The fraction of sp³-hybridized carbons (Fsp3) is 0.769. The summed E-state index contributed by atoms with van der Waals surface area (Å²) >= 11 is 0. The van der Waals surface area contributed by atoms with E-state index in [0.29, 0.717) is 19.5 Å². The van der Waals surface area contributed by atoms with Gasteiger partial charge >= 0.3 is 0 Å². The third kappa shape index (κ3) is 12.9. The van der Waals surface area contributed by atoms with Gasteiger partial charge in [0.2, 0.25) is 35.4 Å². The summed E-state index contributed by atoms with van der Waals surface area (Å²) in [5.74, 6) is -3.25. The molecule has 0 rings (SSSR count). The minimum absolute atomic E-state index is 0.0323. The molecule has 0 aromatic rings. The van der Waals surface area contributed by atoms with Crippen molar-refractivity contribution in [1.82, 2.24) is 29.8 Å². The zero-order valence-electron chi connectivity index (χ0n) is 27.4. The van der Waals surface area contributed by atoms with Gasteiger partial charge in [0.15, 0.2) is 0 Å². The number of nitrogens with one attached hydrogen (secondary N) is 1. The lowest BCUT2D eigenvalue weighted by atomic mass is 10.1. The highest BCUT2D eigenvalue weighted by molar-refractivity contribution is 5.95. The first-order valence-electron chi connectivity index (χ1n) is 14.4. The number of carbonyl (C=O) groups excluding carboxylic acids is 6. The first-order valence-corrected chi connectivity index (χ1v) is 14.4. The number of nitrogens with zero attached hydrogens (tertiary/aromatic N) is 11. The molecule has 0 spiro atoms. The molecule has 252 valence electrons. The van der Waals surface area contributed by atoms with Gasteiger partial charge in [-0.2, -0.15) is 0 Å². The van der Waals surface area contributed by atoms with E-state index in [9.17, 15) is 28.8 Å². The minimum atomic E-state index is -1.02. The molecule has 0 bridgehead atoms. The van der Waals surface area contributed by atoms with Gasteiger partial charge in [-0.05, 0) is 58.1 Å². The molecule has 0 aliphatic rings. The molecule has 0 aliphatic heterocycles. The smallest absolute Gasteiger partial charge is 0.245 e. The molecule has 0 saturated heterocycles. The third-order valence-corrected chi connectivity index (χ3v) is 7.55. The summed E-state index contributed by atoms with van der Waals surface area (Å²) in [6.45, 7) is 6.50. The Labute approximate surface area is 263 Å². The number of hydrogen-bond donors (Lipinski definition) is 2. The van der Waals surface area contributed by atoms with E-state index in [2.05, 4.69) is 25.4 Å². The number of amides is 6. The second-order valence-electron chi connectivity index (χ2n) is 10.6. The lowest BCUT2D eigenvalue weighted by Crippen LogP contribution is -2.57. The Hall–Kier alpha value is -4.60. The van der Waals surface area contributed by atoms with E-state index < -0.39 is 53.7 Å².